The molecule has 84 valence electrons. The largest absolute Gasteiger partial charge is 0.271 e. The van der Waals surface area contributed by atoms with Gasteiger partial charge in [0.15, 0.2) is 0 Å². The van der Waals surface area contributed by atoms with Gasteiger partial charge in [-0.1, -0.05) is 50.1 Å². The smallest absolute Gasteiger partial charge is 0.0477 e. The van der Waals surface area contributed by atoms with Crippen LogP contribution in [0.3, 0.4) is 0 Å². The lowest BCUT2D eigenvalue weighted by atomic mass is 9.95. The molecule has 0 spiro atoms. The molecule has 15 heavy (non-hydrogen) atoms. The van der Waals surface area contributed by atoms with Gasteiger partial charge in [-0.05, 0) is 24.0 Å². The Labute approximate surface area is 96.8 Å². The Morgan fingerprint density at radius 1 is 1.40 bits per heavy atom. The number of benzene rings is 1. The summed E-state index contributed by atoms with van der Waals surface area (Å²) in [5.41, 5.74) is 3.93. The molecule has 1 rings (SSSR count). The summed E-state index contributed by atoms with van der Waals surface area (Å²) in [6.45, 7) is 4.41. The van der Waals surface area contributed by atoms with E-state index in [-0.39, 0.29) is 6.04 Å². The van der Waals surface area contributed by atoms with Crippen LogP contribution in [0.5, 0.6) is 0 Å². The van der Waals surface area contributed by atoms with Gasteiger partial charge in [-0.25, -0.2) is 0 Å². The van der Waals surface area contributed by atoms with Crippen molar-refractivity contribution in [1.82, 2.24) is 5.43 Å². The van der Waals surface area contributed by atoms with Crippen LogP contribution in [0.25, 0.3) is 0 Å². The number of hydrazine groups is 1. The Morgan fingerprint density at radius 3 is 2.60 bits per heavy atom. The number of rotatable bonds is 5. The predicted octanol–water partition coefficient (Wildman–Crippen LogP) is 3.28. The van der Waals surface area contributed by atoms with Gasteiger partial charge in [0.05, 0.1) is 0 Å². The zero-order valence-corrected chi connectivity index (χ0v) is 10.1. The van der Waals surface area contributed by atoms with E-state index in [1.165, 1.54) is 0 Å². The van der Waals surface area contributed by atoms with Crippen molar-refractivity contribution < 1.29 is 0 Å². The third-order valence-corrected chi connectivity index (χ3v) is 3.16. The predicted molar refractivity (Wildman–Crippen MR) is 65.6 cm³/mol. The fourth-order valence-corrected chi connectivity index (χ4v) is 1.88. The van der Waals surface area contributed by atoms with Crippen LogP contribution in [0.4, 0.5) is 0 Å². The van der Waals surface area contributed by atoms with Crippen molar-refractivity contribution in [3.05, 3.63) is 34.9 Å². The molecule has 0 heterocycles. The molecule has 0 saturated heterocycles. The maximum absolute atomic E-state index is 6.13. The van der Waals surface area contributed by atoms with Crippen LogP contribution in [-0.2, 0) is 0 Å². The normalized spacial score (nSPS) is 14.9. The van der Waals surface area contributed by atoms with E-state index in [2.05, 4.69) is 19.3 Å². The zero-order chi connectivity index (χ0) is 11.3. The highest BCUT2D eigenvalue weighted by molar-refractivity contribution is 6.31. The van der Waals surface area contributed by atoms with Gasteiger partial charge in [0, 0.05) is 11.1 Å². The van der Waals surface area contributed by atoms with E-state index in [0.29, 0.717) is 5.92 Å². The first kappa shape index (κ1) is 12.5. The van der Waals surface area contributed by atoms with Crippen molar-refractivity contribution in [2.24, 2.45) is 11.8 Å². The summed E-state index contributed by atoms with van der Waals surface area (Å²) >= 11 is 6.13. The van der Waals surface area contributed by atoms with Crippen molar-refractivity contribution in [3.8, 4) is 0 Å². The van der Waals surface area contributed by atoms with Gasteiger partial charge >= 0.3 is 0 Å². The molecule has 0 fully saturated rings. The summed E-state index contributed by atoms with van der Waals surface area (Å²) < 4.78 is 0. The first-order chi connectivity index (χ1) is 7.19. The molecule has 0 aromatic heterocycles. The summed E-state index contributed by atoms with van der Waals surface area (Å²) in [5, 5.41) is 0.781. The number of hydrogen-bond donors (Lipinski definition) is 2. The molecule has 2 atom stereocenters. The minimum atomic E-state index is 0.147. The van der Waals surface area contributed by atoms with Crippen molar-refractivity contribution in [2.45, 2.75) is 32.7 Å². The molecule has 0 saturated carbocycles. The second-order valence-electron chi connectivity index (χ2n) is 3.99. The Hall–Kier alpha value is -0.570. The molecule has 2 nitrogen and oxygen atoms in total. The highest BCUT2D eigenvalue weighted by Gasteiger charge is 2.15. The molecular weight excluding hydrogens is 208 g/mol. The molecule has 1 aromatic carbocycles. The van der Waals surface area contributed by atoms with E-state index in [1.807, 2.05) is 24.3 Å². The average Bonchev–Trinajstić information content (AvgIpc) is 2.26. The first-order valence-electron chi connectivity index (χ1n) is 5.39. The topological polar surface area (TPSA) is 38.0 Å². The van der Waals surface area contributed by atoms with Crippen LogP contribution >= 0.6 is 11.6 Å². The summed E-state index contributed by atoms with van der Waals surface area (Å²) in [6, 6.07) is 7.99. The molecule has 3 heteroatoms. The highest BCUT2D eigenvalue weighted by Crippen LogP contribution is 2.27. The SMILES string of the molecule is CCC(C)CC(NN)c1ccccc1Cl. The standard InChI is InChI=1S/C12H19ClN2/c1-3-9(2)8-12(15-14)10-6-4-5-7-11(10)13/h4-7,9,12,15H,3,8,14H2,1-2H3. The van der Waals surface area contributed by atoms with Gasteiger partial charge in [-0.3, -0.25) is 11.3 Å². The van der Waals surface area contributed by atoms with Crippen LogP contribution in [0.2, 0.25) is 5.02 Å². The fraction of sp³-hybridized carbons (Fsp3) is 0.500. The lowest BCUT2D eigenvalue weighted by Crippen LogP contribution is -2.29. The van der Waals surface area contributed by atoms with E-state index in [4.69, 9.17) is 17.4 Å². The lowest BCUT2D eigenvalue weighted by Gasteiger charge is -2.20. The molecule has 3 N–H and O–H groups in total. The zero-order valence-electron chi connectivity index (χ0n) is 9.33. The molecule has 0 aliphatic carbocycles. The number of nitrogens with one attached hydrogen (secondary N) is 1. The maximum Gasteiger partial charge on any atom is 0.0477 e. The molecule has 1 aromatic rings. The molecule has 0 amide bonds. The molecule has 0 bridgehead atoms. The minimum Gasteiger partial charge on any atom is -0.271 e. The summed E-state index contributed by atoms with van der Waals surface area (Å²) in [4.78, 5) is 0. The third-order valence-electron chi connectivity index (χ3n) is 2.82. The van der Waals surface area contributed by atoms with Crippen LogP contribution in [0.15, 0.2) is 24.3 Å². The Bertz CT molecular complexity index is 301. The van der Waals surface area contributed by atoms with Gasteiger partial charge in [0.2, 0.25) is 0 Å². The van der Waals surface area contributed by atoms with Crippen molar-refractivity contribution in [3.63, 3.8) is 0 Å². The van der Waals surface area contributed by atoms with Gasteiger partial charge in [-0.15, -0.1) is 0 Å². The summed E-state index contributed by atoms with van der Waals surface area (Å²) in [7, 11) is 0. The fourth-order valence-electron chi connectivity index (χ4n) is 1.61. The molecule has 2 unspecified atom stereocenters. The van der Waals surface area contributed by atoms with E-state index in [1.54, 1.807) is 0 Å². The minimum absolute atomic E-state index is 0.147. The monoisotopic (exact) mass is 226 g/mol. The van der Waals surface area contributed by atoms with E-state index >= 15 is 0 Å². The van der Waals surface area contributed by atoms with E-state index in [9.17, 15) is 0 Å². The number of nitrogens with two attached hydrogens (primary N) is 1. The van der Waals surface area contributed by atoms with Gasteiger partial charge in [-0.2, -0.15) is 0 Å². The Balaban J connectivity index is 2.78. The first-order valence-corrected chi connectivity index (χ1v) is 5.77. The lowest BCUT2D eigenvalue weighted by molar-refractivity contribution is 0.408. The Morgan fingerprint density at radius 2 is 2.07 bits per heavy atom. The third kappa shape index (κ3) is 3.49. The van der Waals surface area contributed by atoms with Crippen LogP contribution < -0.4 is 11.3 Å². The molecular formula is C12H19ClN2. The van der Waals surface area contributed by atoms with Crippen molar-refractivity contribution >= 4 is 11.6 Å². The quantitative estimate of drug-likeness (QED) is 0.597. The van der Waals surface area contributed by atoms with Crippen LogP contribution in [-0.4, -0.2) is 0 Å². The number of hydrogen-bond acceptors (Lipinski definition) is 2. The summed E-state index contributed by atoms with van der Waals surface area (Å²) in [6.07, 6.45) is 2.17. The van der Waals surface area contributed by atoms with Gasteiger partial charge in [0.25, 0.3) is 0 Å². The highest BCUT2D eigenvalue weighted by atomic mass is 35.5. The molecule has 0 radical (unpaired) electrons. The summed E-state index contributed by atoms with van der Waals surface area (Å²) in [5.74, 6) is 6.21. The average molecular weight is 227 g/mol. The second-order valence-corrected chi connectivity index (χ2v) is 4.40. The van der Waals surface area contributed by atoms with Crippen LogP contribution in [0, 0.1) is 5.92 Å². The van der Waals surface area contributed by atoms with Gasteiger partial charge < -0.3 is 0 Å². The van der Waals surface area contributed by atoms with Crippen molar-refractivity contribution in [2.75, 3.05) is 0 Å². The van der Waals surface area contributed by atoms with E-state index in [0.717, 1.165) is 23.4 Å². The van der Waals surface area contributed by atoms with Crippen LogP contribution in [0.1, 0.15) is 38.3 Å². The van der Waals surface area contributed by atoms with Gasteiger partial charge in [0.1, 0.15) is 0 Å². The second kappa shape index (κ2) is 6.11. The van der Waals surface area contributed by atoms with Crippen molar-refractivity contribution in [1.29, 1.82) is 0 Å². The molecule has 0 aliphatic rings. The molecule has 0 aliphatic heterocycles. The maximum atomic E-state index is 6.13. The Kier molecular flexibility index (Phi) is 5.09. The number of halogens is 1. The van der Waals surface area contributed by atoms with E-state index < -0.39 is 0 Å².